The highest BCUT2D eigenvalue weighted by Crippen LogP contribution is 2.34. The predicted octanol–water partition coefficient (Wildman–Crippen LogP) is 5.50. The molecular weight excluding hydrogens is 346 g/mol. The third-order valence-electron chi connectivity index (χ3n) is 4.37. The zero-order valence-electron chi connectivity index (χ0n) is 14.3. The van der Waals surface area contributed by atoms with Gasteiger partial charge in [-0.25, -0.2) is 0 Å². The summed E-state index contributed by atoms with van der Waals surface area (Å²) < 4.78 is 5.41. The molecule has 0 aliphatic rings. The number of rotatable bonds is 5. The first-order valence-electron chi connectivity index (χ1n) is 8.35. The van der Waals surface area contributed by atoms with Gasteiger partial charge in [0.15, 0.2) is 5.82 Å². The summed E-state index contributed by atoms with van der Waals surface area (Å²) in [5, 5.41) is 12.5. The second-order valence-electron chi connectivity index (χ2n) is 5.98. The van der Waals surface area contributed by atoms with E-state index in [0.29, 0.717) is 11.6 Å². The van der Waals surface area contributed by atoms with E-state index in [4.69, 9.17) is 16.3 Å². The number of benzene rings is 3. The van der Waals surface area contributed by atoms with E-state index in [1.54, 1.807) is 7.11 Å². The number of H-pyrrole nitrogens is 1. The number of ether oxygens (including phenoxy) is 1. The fourth-order valence-electron chi connectivity index (χ4n) is 3.04. The number of halogens is 1. The first kappa shape index (κ1) is 16.5. The summed E-state index contributed by atoms with van der Waals surface area (Å²) in [5.41, 5.74) is 4.04. The van der Waals surface area contributed by atoms with Crippen LogP contribution in [0.3, 0.4) is 0 Å². The van der Waals surface area contributed by atoms with Gasteiger partial charge < -0.3 is 10.1 Å². The molecule has 26 heavy (non-hydrogen) atoms. The largest absolute Gasteiger partial charge is 0.496 e. The molecule has 0 atom stereocenters. The van der Waals surface area contributed by atoms with E-state index in [1.165, 1.54) is 0 Å². The van der Waals surface area contributed by atoms with Crippen molar-refractivity contribution in [3.05, 3.63) is 77.3 Å². The van der Waals surface area contributed by atoms with Gasteiger partial charge in [0.1, 0.15) is 5.75 Å². The molecule has 1 aromatic heterocycles. The Morgan fingerprint density at radius 2 is 1.81 bits per heavy atom. The Bertz CT molecular complexity index is 1040. The number of hydrogen-bond acceptors (Lipinski definition) is 3. The zero-order chi connectivity index (χ0) is 17.9. The molecule has 0 radical (unpaired) electrons. The monoisotopic (exact) mass is 363 g/mol. The van der Waals surface area contributed by atoms with E-state index in [0.717, 1.165) is 39.2 Å². The van der Waals surface area contributed by atoms with Gasteiger partial charge >= 0.3 is 0 Å². The number of nitrogens with zero attached hydrogens (tertiary/aromatic N) is 1. The van der Waals surface area contributed by atoms with Gasteiger partial charge in [0, 0.05) is 23.1 Å². The predicted molar refractivity (Wildman–Crippen MR) is 107 cm³/mol. The molecule has 0 spiro atoms. The van der Waals surface area contributed by atoms with Crippen LogP contribution in [0.15, 0.2) is 66.7 Å². The van der Waals surface area contributed by atoms with Crippen LogP contribution < -0.4 is 10.1 Å². The van der Waals surface area contributed by atoms with E-state index >= 15 is 0 Å². The standard InChI is InChI=1S/C21H18ClN3O/c1-26-20-10-6-5-9-15(20)13-23-21-17-11-16(14-7-3-2-4-8-14)18(22)12-19(17)24-25-21/h2-12H,13H2,1H3,(H2,23,24,25). The van der Waals surface area contributed by atoms with Crippen molar-refractivity contribution >= 4 is 28.3 Å². The normalized spacial score (nSPS) is 10.8. The van der Waals surface area contributed by atoms with Crippen molar-refractivity contribution in [2.24, 2.45) is 0 Å². The summed E-state index contributed by atoms with van der Waals surface area (Å²) in [6, 6.07) is 22.0. The number of fused-ring (bicyclic) bond motifs is 1. The van der Waals surface area contributed by atoms with Crippen LogP contribution in [-0.4, -0.2) is 17.3 Å². The summed E-state index contributed by atoms with van der Waals surface area (Å²) in [6.07, 6.45) is 0. The van der Waals surface area contributed by atoms with Crippen molar-refractivity contribution in [1.29, 1.82) is 0 Å². The summed E-state index contributed by atoms with van der Waals surface area (Å²) in [5.74, 6) is 1.65. The number of para-hydroxylation sites is 1. The van der Waals surface area contributed by atoms with Gasteiger partial charge in [0.25, 0.3) is 0 Å². The molecule has 0 saturated carbocycles. The minimum Gasteiger partial charge on any atom is -0.496 e. The molecular formula is C21H18ClN3O. The van der Waals surface area contributed by atoms with E-state index in [9.17, 15) is 0 Å². The van der Waals surface area contributed by atoms with Crippen LogP contribution in [0.5, 0.6) is 5.75 Å². The van der Waals surface area contributed by atoms with Gasteiger partial charge in [-0.3, -0.25) is 5.10 Å². The van der Waals surface area contributed by atoms with E-state index in [-0.39, 0.29) is 0 Å². The van der Waals surface area contributed by atoms with Crippen LogP contribution in [0.4, 0.5) is 5.82 Å². The van der Waals surface area contributed by atoms with Crippen molar-refractivity contribution in [2.45, 2.75) is 6.54 Å². The van der Waals surface area contributed by atoms with Crippen LogP contribution in [0.2, 0.25) is 5.02 Å². The molecule has 4 nitrogen and oxygen atoms in total. The van der Waals surface area contributed by atoms with Crippen LogP contribution >= 0.6 is 11.6 Å². The van der Waals surface area contributed by atoms with Crippen molar-refractivity contribution < 1.29 is 4.74 Å². The highest BCUT2D eigenvalue weighted by molar-refractivity contribution is 6.34. The van der Waals surface area contributed by atoms with Gasteiger partial charge in [-0.15, -0.1) is 0 Å². The van der Waals surface area contributed by atoms with Gasteiger partial charge in [-0.05, 0) is 23.8 Å². The molecule has 0 fully saturated rings. The van der Waals surface area contributed by atoms with Gasteiger partial charge in [-0.1, -0.05) is 60.1 Å². The van der Waals surface area contributed by atoms with Crippen molar-refractivity contribution in [2.75, 3.05) is 12.4 Å². The van der Waals surface area contributed by atoms with Crippen molar-refractivity contribution in [1.82, 2.24) is 10.2 Å². The third-order valence-corrected chi connectivity index (χ3v) is 4.69. The van der Waals surface area contributed by atoms with E-state index < -0.39 is 0 Å². The minimum atomic E-state index is 0.618. The van der Waals surface area contributed by atoms with Gasteiger partial charge in [0.2, 0.25) is 0 Å². The van der Waals surface area contributed by atoms with Crippen LogP contribution in [0.25, 0.3) is 22.0 Å². The minimum absolute atomic E-state index is 0.618. The number of aromatic nitrogens is 2. The van der Waals surface area contributed by atoms with Crippen molar-refractivity contribution in [3.8, 4) is 16.9 Å². The molecule has 1 heterocycles. The molecule has 0 amide bonds. The number of aromatic amines is 1. The molecule has 0 saturated heterocycles. The SMILES string of the molecule is COc1ccccc1CNc1n[nH]c2cc(Cl)c(-c3ccccc3)cc12. The van der Waals surface area contributed by atoms with Crippen LogP contribution in [0.1, 0.15) is 5.56 Å². The zero-order valence-corrected chi connectivity index (χ0v) is 15.0. The fraction of sp³-hybridized carbons (Fsp3) is 0.0952. The maximum atomic E-state index is 6.47. The molecule has 0 aliphatic heterocycles. The smallest absolute Gasteiger partial charge is 0.156 e. The lowest BCUT2D eigenvalue weighted by Gasteiger charge is -2.09. The molecule has 130 valence electrons. The number of nitrogens with one attached hydrogen (secondary N) is 2. The van der Waals surface area contributed by atoms with Crippen molar-refractivity contribution in [3.63, 3.8) is 0 Å². The van der Waals surface area contributed by atoms with E-state index in [1.807, 2.05) is 48.5 Å². The lowest BCUT2D eigenvalue weighted by molar-refractivity contribution is 0.410. The Hall–Kier alpha value is -2.98. The van der Waals surface area contributed by atoms with Gasteiger partial charge in [0.05, 0.1) is 17.6 Å². The fourth-order valence-corrected chi connectivity index (χ4v) is 3.31. The molecule has 0 aliphatic carbocycles. The Kier molecular flexibility index (Phi) is 4.50. The molecule has 4 rings (SSSR count). The Morgan fingerprint density at radius 3 is 2.62 bits per heavy atom. The first-order chi connectivity index (χ1) is 12.8. The van der Waals surface area contributed by atoms with Crippen LogP contribution in [-0.2, 0) is 6.54 Å². The van der Waals surface area contributed by atoms with Crippen LogP contribution in [0, 0.1) is 0 Å². The Morgan fingerprint density at radius 1 is 1.04 bits per heavy atom. The molecule has 4 aromatic rings. The molecule has 5 heteroatoms. The Labute approximate surface area is 156 Å². The second kappa shape index (κ2) is 7.10. The number of hydrogen-bond donors (Lipinski definition) is 2. The highest BCUT2D eigenvalue weighted by Gasteiger charge is 2.12. The molecule has 3 aromatic carbocycles. The number of methoxy groups -OCH3 is 1. The maximum Gasteiger partial charge on any atom is 0.156 e. The third kappa shape index (κ3) is 3.11. The lowest BCUT2D eigenvalue weighted by Crippen LogP contribution is -2.02. The van der Waals surface area contributed by atoms with Gasteiger partial charge in [-0.2, -0.15) is 5.10 Å². The Balaban J connectivity index is 1.68. The highest BCUT2D eigenvalue weighted by atomic mass is 35.5. The summed E-state index contributed by atoms with van der Waals surface area (Å²) >= 11 is 6.47. The van der Waals surface area contributed by atoms with E-state index in [2.05, 4.69) is 33.7 Å². The molecule has 2 N–H and O–H groups in total. The molecule has 0 bridgehead atoms. The second-order valence-corrected chi connectivity index (χ2v) is 6.39. The average molecular weight is 364 g/mol. The topological polar surface area (TPSA) is 49.9 Å². The lowest BCUT2D eigenvalue weighted by atomic mass is 10.0. The summed E-state index contributed by atoms with van der Waals surface area (Å²) in [7, 11) is 1.68. The first-order valence-corrected chi connectivity index (χ1v) is 8.73. The maximum absolute atomic E-state index is 6.47. The summed E-state index contributed by atoms with van der Waals surface area (Å²) in [4.78, 5) is 0. The molecule has 0 unspecified atom stereocenters. The number of anilines is 1. The average Bonchev–Trinajstić information content (AvgIpc) is 3.08. The quantitative estimate of drug-likeness (QED) is 0.492. The summed E-state index contributed by atoms with van der Waals surface area (Å²) in [6.45, 7) is 0.618.